The van der Waals surface area contributed by atoms with Crippen molar-refractivity contribution < 1.29 is 9.66 Å². The Balaban J connectivity index is 3.07. The summed E-state index contributed by atoms with van der Waals surface area (Å²) in [6.07, 6.45) is 0. The zero-order chi connectivity index (χ0) is 10.6. The number of rotatable bonds is 4. The molecule has 0 spiro atoms. The summed E-state index contributed by atoms with van der Waals surface area (Å²) in [7, 11) is 0. The van der Waals surface area contributed by atoms with Gasteiger partial charge in [0.2, 0.25) is 0 Å². The monoisotopic (exact) mass is 215 g/mol. The fourth-order valence-corrected chi connectivity index (χ4v) is 1.28. The molecule has 0 radical (unpaired) electrons. The molecule has 4 nitrogen and oxygen atoms in total. The SMILES string of the molecule is CCOc1cc([N+](=O)[O-])ccc1CCl. The van der Waals surface area contributed by atoms with E-state index in [1.807, 2.05) is 6.92 Å². The van der Waals surface area contributed by atoms with Crippen molar-refractivity contribution in [3.63, 3.8) is 0 Å². The van der Waals surface area contributed by atoms with Gasteiger partial charge < -0.3 is 4.74 Å². The standard InChI is InChI=1S/C9H10ClNO3/c1-2-14-9-5-8(11(12)13)4-3-7(9)6-10/h3-5H,2,6H2,1H3. The predicted molar refractivity (Wildman–Crippen MR) is 53.8 cm³/mol. The number of benzene rings is 1. The number of alkyl halides is 1. The van der Waals surface area contributed by atoms with E-state index in [0.717, 1.165) is 5.56 Å². The minimum absolute atomic E-state index is 0.0160. The van der Waals surface area contributed by atoms with Gasteiger partial charge in [-0.1, -0.05) is 0 Å². The number of nitro benzene ring substituents is 1. The van der Waals surface area contributed by atoms with Crippen molar-refractivity contribution in [1.29, 1.82) is 0 Å². The van der Waals surface area contributed by atoms with Gasteiger partial charge in [-0.15, -0.1) is 11.6 Å². The molecule has 1 aromatic carbocycles. The first-order valence-corrected chi connectivity index (χ1v) is 4.68. The highest BCUT2D eigenvalue weighted by molar-refractivity contribution is 6.17. The topological polar surface area (TPSA) is 52.4 Å². The molecule has 0 N–H and O–H groups in total. The smallest absolute Gasteiger partial charge is 0.273 e. The first-order chi connectivity index (χ1) is 6.69. The number of nitro groups is 1. The van der Waals surface area contributed by atoms with Crippen LogP contribution in [0.25, 0.3) is 0 Å². The highest BCUT2D eigenvalue weighted by Crippen LogP contribution is 2.25. The third-order valence-electron chi connectivity index (χ3n) is 1.71. The van der Waals surface area contributed by atoms with Gasteiger partial charge in [0.25, 0.3) is 5.69 Å². The molecule has 0 aliphatic carbocycles. The molecule has 1 aromatic rings. The van der Waals surface area contributed by atoms with Gasteiger partial charge in [-0.05, 0) is 13.0 Å². The van der Waals surface area contributed by atoms with Crippen LogP contribution in [0, 0.1) is 10.1 Å². The molecule has 0 saturated carbocycles. The Morgan fingerprint density at radius 3 is 2.79 bits per heavy atom. The Morgan fingerprint density at radius 1 is 1.57 bits per heavy atom. The van der Waals surface area contributed by atoms with Crippen molar-refractivity contribution in [3.8, 4) is 5.75 Å². The minimum Gasteiger partial charge on any atom is -0.493 e. The van der Waals surface area contributed by atoms with Crippen LogP contribution >= 0.6 is 11.6 Å². The molecule has 1 rings (SSSR count). The maximum atomic E-state index is 10.5. The van der Waals surface area contributed by atoms with Crippen molar-refractivity contribution in [2.75, 3.05) is 6.61 Å². The second kappa shape index (κ2) is 4.81. The summed E-state index contributed by atoms with van der Waals surface area (Å²) in [5, 5.41) is 10.5. The van der Waals surface area contributed by atoms with Crippen LogP contribution in [0.4, 0.5) is 5.69 Å². The van der Waals surface area contributed by atoms with Gasteiger partial charge in [0.15, 0.2) is 0 Å². The lowest BCUT2D eigenvalue weighted by atomic mass is 10.2. The lowest BCUT2D eigenvalue weighted by molar-refractivity contribution is -0.384. The fourth-order valence-electron chi connectivity index (χ4n) is 1.06. The normalized spacial score (nSPS) is 9.86. The maximum absolute atomic E-state index is 10.5. The molecular formula is C9H10ClNO3. The van der Waals surface area contributed by atoms with Crippen molar-refractivity contribution in [2.24, 2.45) is 0 Å². The van der Waals surface area contributed by atoms with Crippen LogP contribution in [0.1, 0.15) is 12.5 Å². The van der Waals surface area contributed by atoms with Crippen molar-refractivity contribution in [3.05, 3.63) is 33.9 Å². The summed E-state index contributed by atoms with van der Waals surface area (Å²) >= 11 is 5.65. The molecule has 0 unspecified atom stereocenters. The van der Waals surface area contributed by atoms with Crippen molar-refractivity contribution in [2.45, 2.75) is 12.8 Å². The summed E-state index contributed by atoms with van der Waals surface area (Å²) in [5.41, 5.74) is 0.779. The van der Waals surface area contributed by atoms with Gasteiger partial charge in [-0.2, -0.15) is 0 Å². The quantitative estimate of drug-likeness (QED) is 0.441. The Hall–Kier alpha value is -1.29. The predicted octanol–water partition coefficient (Wildman–Crippen LogP) is 2.73. The number of non-ortho nitro benzene ring substituents is 1. The van der Waals surface area contributed by atoms with Crippen LogP contribution in [0.2, 0.25) is 0 Å². The maximum Gasteiger partial charge on any atom is 0.273 e. The van der Waals surface area contributed by atoms with E-state index in [0.29, 0.717) is 12.4 Å². The summed E-state index contributed by atoms with van der Waals surface area (Å²) in [6.45, 7) is 2.28. The number of nitrogens with zero attached hydrogens (tertiary/aromatic N) is 1. The van der Waals surface area contributed by atoms with Gasteiger partial charge >= 0.3 is 0 Å². The highest BCUT2D eigenvalue weighted by Gasteiger charge is 2.10. The van der Waals surface area contributed by atoms with E-state index < -0.39 is 4.92 Å². The van der Waals surface area contributed by atoms with Crippen LogP contribution in [0.5, 0.6) is 5.75 Å². The zero-order valence-electron chi connectivity index (χ0n) is 7.70. The lowest BCUT2D eigenvalue weighted by Gasteiger charge is -2.06. The first kappa shape index (κ1) is 10.8. The molecule has 0 amide bonds. The van der Waals surface area contributed by atoms with Crippen molar-refractivity contribution in [1.82, 2.24) is 0 Å². The van der Waals surface area contributed by atoms with Gasteiger partial charge in [0.1, 0.15) is 5.75 Å². The van der Waals surface area contributed by atoms with E-state index in [-0.39, 0.29) is 11.6 Å². The molecule has 76 valence electrons. The minimum atomic E-state index is -0.458. The first-order valence-electron chi connectivity index (χ1n) is 4.15. The van der Waals surface area contributed by atoms with Crippen LogP contribution in [-0.2, 0) is 5.88 Å². The van der Waals surface area contributed by atoms with E-state index in [2.05, 4.69) is 0 Å². The zero-order valence-corrected chi connectivity index (χ0v) is 8.45. The van der Waals surface area contributed by atoms with E-state index in [9.17, 15) is 10.1 Å². The van der Waals surface area contributed by atoms with E-state index >= 15 is 0 Å². The second-order valence-corrected chi connectivity index (χ2v) is 2.88. The molecule has 0 atom stereocenters. The van der Waals surface area contributed by atoms with Gasteiger partial charge in [0, 0.05) is 11.6 Å². The average Bonchev–Trinajstić information content (AvgIpc) is 2.18. The highest BCUT2D eigenvalue weighted by atomic mass is 35.5. The molecule has 0 heterocycles. The Bertz CT molecular complexity index is 341. The lowest BCUT2D eigenvalue weighted by Crippen LogP contribution is -1.97. The average molecular weight is 216 g/mol. The molecule has 0 bridgehead atoms. The second-order valence-electron chi connectivity index (χ2n) is 2.62. The molecule has 0 saturated heterocycles. The number of ether oxygens (including phenoxy) is 1. The molecular weight excluding hydrogens is 206 g/mol. The van der Waals surface area contributed by atoms with Crippen LogP contribution in [0.15, 0.2) is 18.2 Å². The van der Waals surface area contributed by atoms with E-state index in [1.54, 1.807) is 6.07 Å². The van der Waals surface area contributed by atoms with Gasteiger partial charge in [0.05, 0.1) is 23.5 Å². The van der Waals surface area contributed by atoms with Crippen LogP contribution in [-0.4, -0.2) is 11.5 Å². The summed E-state index contributed by atoms with van der Waals surface area (Å²) in [4.78, 5) is 10.0. The van der Waals surface area contributed by atoms with Gasteiger partial charge in [-0.3, -0.25) is 10.1 Å². The summed E-state index contributed by atoms with van der Waals surface area (Å²) < 4.78 is 5.23. The molecule has 5 heteroatoms. The fraction of sp³-hybridized carbons (Fsp3) is 0.333. The van der Waals surface area contributed by atoms with Gasteiger partial charge in [-0.25, -0.2) is 0 Å². The largest absolute Gasteiger partial charge is 0.493 e. The van der Waals surface area contributed by atoms with E-state index in [4.69, 9.17) is 16.3 Å². The Kier molecular flexibility index (Phi) is 3.71. The third-order valence-corrected chi connectivity index (χ3v) is 1.99. The summed E-state index contributed by atoms with van der Waals surface area (Å²) in [5.74, 6) is 0.768. The number of halogens is 1. The third kappa shape index (κ3) is 2.35. The molecule has 14 heavy (non-hydrogen) atoms. The Morgan fingerprint density at radius 2 is 2.29 bits per heavy atom. The number of hydrogen-bond donors (Lipinski definition) is 0. The van der Waals surface area contributed by atoms with Crippen molar-refractivity contribution >= 4 is 17.3 Å². The summed E-state index contributed by atoms with van der Waals surface area (Å²) in [6, 6.07) is 4.41. The molecule has 0 aliphatic rings. The molecule has 0 fully saturated rings. The van der Waals surface area contributed by atoms with Crippen LogP contribution in [0.3, 0.4) is 0 Å². The molecule has 0 aliphatic heterocycles. The van der Waals surface area contributed by atoms with Crippen LogP contribution < -0.4 is 4.74 Å². The molecule has 0 aromatic heterocycles. The van der Waals surface area contributed by atoms with E-state index in [1.165, 1.54) is 12.1 Å². The number of hydrogen-bond acceptors (Lipinski definition) is 3. The Labute approximate surface area is 86.6 Å².